The number of hydrogen-bond acceptors (Lipinski definition) is 4. The maximum Gasteiger partial charge on any atom is 0.264 e. The molecule has 1 amide bonds. The molecule has 0 radical (unpaired) electrons. The second-order valence-corrected chi connectivity index (χ2v) is 8.88. The molecule has 1 saturated heterocycles. The van der Waals surface area contributed by atoms with Gasteiger partial charge < -0.3 is 19.2 Å². The molecule has 0 aliphatic carbocycles. The number of nitriles is 1. The Morgan fingerprint density at radius 3 is 2.85 bits per heavy atom. The summed E-state index contributed by atoms with van der Waals surface area (Å²) in [7, 11) is 1.69. The fourth-order valence-electron chi connectivity index (χ4n) is 5.12. The van der Waals surface area contributed by atoms with Crippen molar-refractivity contribution < 1.29 is 9.53 Å². The molecule has 1 N–H and O–H groups in total. The number of carbonyl (C=O) groups is 1. The third kappa shape index (κ3) is 4.44. The van der Waals surface area contributed by atoms with Crippen molar-refractivity contribution in [2.45, 2.75) is 45.6 Å². The Morgan fingerprint density at radius 1 is 1.39 bits per heavy atom. The monoisotopic (exact) mass is 445 g/mol. The van der Waals surface area contributed by atoms with Crippen LogP contribution in [0.2, 0.25) is 0 Å². The van der Waals surface area contributed by atoms with E-state index < -0.39 is 0 Å². The highest BCUT2D eigenvalue weighted by Crippen LogP contribution is 2.33. The van der Waals surface area contributed by atoms with E-state index in [1.807, 2.05) is 37.1 Å². The summed E-state index contributed by atoms with van der Waals surface area (Å²) >= 11 is 0. The Bertz CT molecular complexity index is 1220. The van der Waals surface area contributed by atoms with Crippen molar-refractivity contribution in [3.8, 4) is 6.07 Å². The minimum Gasteiger partial charge on any atom is -0.383 e. The Hall–Kier alpha value is -3.37. The smallest absolute Gasteiger partial charge is 0.264 e. The molecule has 7 nitrogen and oxygen atoms in total. The lowest BCUT2D eigenvalue weighted by Crippen LogP contribution is -2.38. The molecule has 3 aromatic rings. The van der Waals surface area contributed by atoms with E-state index in [2.05, 4.69) is 33.6 Å². The highest BCUT2D eigenvalue weighted by molar-refractivity contribution is 6.02. The van der Waals surface area contributed by atoms with E-state index in [0.29, 0.717) is 25.6 Å². The number of carbonyl (C=O) groups excluding carboxylic acids is 1. The average molecular weight is 446 g/mol. The standard InChI is InChI=1S/C26H31N5O2/c1-17-12-21(19(3)31(17)18(2)16-33-4)13-22(14-27)26(32)30-10-7-20(8-11-30)24-15-29-25-23(24)6-5-9-28-25/h5-6,9,12-13,15,18,20H,7-8,10-11,16H2,1-4H3,(H,28,29)/b22-13+. The number of nitrogens with one attached hydrogen (secondary N) is 1. The van der Waals surface area contributed by atoms with E-state index in [1.165, 1.54) is 5.56 Å². The van der Waals surface area contributed by atoms with Crippen molar-refractivity contribution in [3.63, 3.8) is 0 Å². The molecule has 4 rings (SSSR count). The highest BCUT2D eigenvalue weighted by atomic mass is 16.5. The number of likely N-dealkylation sites (tertiary alicyclic amines) is 1. The zero-order valence-corrected chi connectivity index (χ0v) is 19.8. The summed E-state index contributed by atoms with van der Waals surface area (Å²) in [6, 6.07) is 8.40. The van der Waals surface area contributed by atoms with Gasteiger partial charge >= 0.3 is 0 Å². The molecular formula is C26H31N5O2. The van der Waals surface area contributed by atoms with Gasteiger partial charge in [-0.05, 0) is 74.9 Å². The number of hydrogen-bond donors (Lipinski definition) is 1. The third-order valence-corrected chi connectivity index (χ3v) is 6.73. The zero-order chi connectivity index (χ0) is 23.5. The van der Waals surface area contributed by atoms with Gasteiger partial charge in [-0.25, -0.2) is 4.98 Å². The second-order valence-electron chi connectivity index (χ2n) is 8.88. The summed E-state index contributed by atoms with van der Waals surface area (Å²) in [6.45, 7) is 8.03. The maximum atomic E-state index is 13.2. The van der Waals surface area contributed by atoms with Crippen molar-refractivity contribution >= 4 is 23.0 Å². The van der Waals surface area contributed by atoms with Crippen LogP contribution in [-0.2, 0) is 9.53 Å². The SMILES string of the molecule is COCC(C)n1c(C)cc(/C=C(\C#N)C(=O)N2CCC(c3c[nH]c4ncccc34)CC2)c1C. The van der Waals surface area contributed by atoms with E-state index in [1.54, 1.807) is 19.4 Å². The van der Waals surface area contributed by atoms with Crippen molar-refractivity contribution in [3.05, 3.63) is 58.7 Å². The molecule has 1 atom stereocenters. The van der Waals surface area contributed by atoms with Crippen LogP contribution in [0.3, 0.4) is 0 Å². The summed E-state index contributed by atoms with van der Waals surface area (Å²) < 4.78 is 7.49. The van der Waals surface area contributed by atoms with Gasteiger partial charge in [-0.2, -0.15) is 5.26 Å². The van der Waals surface area contributed by atoms with Gasteiger partial charge in [-0.1, -0.05) is 0 Å². The Kier molecular flexibility index (Phi) is 6.66. The van der Waals surface area contributed by atoms with E-state index >= 15 is 0 Å². The Labute approximate surface area is 194 Å². The first-order chi connectivity index (χ1) is 15.9. The van der Waals surface area contributed by atoms with Crippen LogP contribution in [0, 0.1) is 25.2 Å². The van der Waals surface area contributed by atoms with Gasteiger partial charge in [-0.3, -0.25) is 4.79 Å². The van der Waals surface area contributed by atoms with E-state index in [4.69, 9.17) is 4.74 Å². The van der Waals surface area contributed by atoms with E-state index in [9.17, 15) is 10.1 Å². The number of aromatic nitrogens is 3. The largest absolute Gasteiger partial charge is 0.383 e. The molecule has 4 heterocycles. The summed E-state index contributed by atoms with van der Waals surface area (Å²) in [6.07, 6.45) is 7.30. The molecule has 172 valence electrons. The minimum absolute atomic E-state index is 0.178. The number of amides is 1. The number of aryl methyl sites for hydroxylation is 1. The van der Waals surface area contributed by atoms with E-state index in [0.717, 1.165) is 40.8 Å². The first kappa shape index (κ1) is 22.8. The summed E-state index contributed by atoms with van der Waals surface area (Å²) in [4.78, 5) is 22.6. The van der Waals surface area contributed by atoms with Crippen LogP contribution in [-0.4, -0.2) is 52.1 Å². The molecule has 0 bridgehead atoms. The lowest BCUT2D eigenvalue weighted by Gasteiger charge is -2.31. The number of H-pyrrole nitrogens is 1. The summed E-state index contributed by atoms with van der Waals surface area (Å²) in [5, 5.41) is 10.9. The fourth-order valence-corrected chi connectivity index (χ4v) is 5.12. The summed E-state index contributed by atoms with van der Waals surface area (Å²) in [5.74, 6) is 0.189. The fraction of sp³-hybridized carbons (Fsp3) is 0.423. The predicted molar refractivity (Wildman–Crippen MR) is 129 cm³/mol. The van der Waals surface area contributed by atoms with Gasteiger partial charge in [0, 0.05) is 49.4 Å². The first-order valence-corrected chi connectivity index (χ1v) is 11.4. The van der Waals surface area contributed by atoms with Crippen LogP contribution in [0.1, 0.15) is 54.2 Å². The number of rotatable bonds is 6. The maximum absolute atomic E-state index is 13.2. The molecule has 1 fully saturated rings. The van der Waals surface area contributed by atoms with Crippen LogP contribution in [0.4, 0.5) is 0 Å². The molecule has 1 aliphatic rings. The molecule has 1 unspecified atom stereocenters. The number of aromatic amines is 1. The lowest BCUT2D eigenvalue weighted by atomic mass is 9.89. The molecule has 0 aromatic carbocycles. The molecule has 3 aromatic heterocycles. The number of nitrogens with zero attached hydrogens (tertiary/aromatic N) is 4. The van der Waals surface area contributed by atoms with Crippen LogP contribution < -0.4 is 0 Å². The highest BCUT2D eigenvalue weighted by Gasteiger charge is 2.27. The van der Waals surface area contributed by atoms with E-state index in [-0.39, 0.29) is 17.5 Å². The summed E-state index contributed by atoms with van der Waals surface area (Å²) in [5.41, 5.74) is 5.37. The number of piperidine rings is 1. The molecule has 0 spiro atoms. The average Bonchev–Trinajstić information content (AvgIpc) is 3.37. The van der Waals surface area contributed by atoms with Crippen LogP contribution in [0.15, 0.2) is 36.2 Å². The van der Waals surface area contributed by atoms with Crippen molar-refractivity contribution in [2.24, 2.45) is 0 Å². The molecule has 33 heavy (non-hydrogen) atoms. The van der Waals surface area contributed by atoms with Gasteiger partial charge in [-0.15, -0.1) is 0 Å². The molecular weight excluding hydrogens is 414 g/mol. The van der Waals surface area contributed by atoms with Gasteiger partial charge in [0.05, 0.1) is 12.6 Å². The molecule has 1 aliphatic heterocycles. The third-order valence-electron chi connectivity index (χ3n) is 6.73. The van der Waals surface area contributed by atoms with Crippen molar-refractivity contribution in [1.29, 1.82) is 5.26 Å². The quantitative estimate of drug-likeness (QED) is 0.447. The Balaban J connectivity index is 1.48. The minimum atomic E-state index is -0.189. The number of pyridine rings is 1. The van der Waals surface area contributed by atoms with Crippen molar-refractivity contribution in [2.75, 3.05) is 26.8 Å². The predicted octanol–water partition coefficient (Wildman–Crippen LogP) is 4.50. The van der Waals surface area contributed by atoms with Gasteiger partial charge in [0.25, 0.3) is 5.91 Å². The number of fused-ring (bicyclic) bond motifs is 1. The second kappa shape index (κ2) is 9.63. The van der Waals surface area contributed by atoms with Crippen molar-refractivity contribution in [1.82, 2.24) is 19.4 Å². The molecule has 0 saturated carbocycles. The van der Waals surface area contributed by atoms with Gasteiger partial charge in [0.1, 0.15) is 17.3 Å². The van der Waals surface area contributed by atoms with Crippen LogP contribution in [0.5, 0.6) is 0 Å². The molecule has 7 heteroatoms. The van der Waals surface area contributed by atoms with Crippen LogP contribution >= 0.6 is 0 Å². The number of ether oxygens (including phenoxy) is 1. The zero-order valence-electron chi connectivity index (χ0n) is 19.8. The Morgan fingerprint density at radius 2 is 2.15 bits per heavy atom. The number of methoxy groups -OCH3 is 1. The first-order valence-electron chi connectivity index (χ1n) is 11.4. The van der Waals surface area contributed by atoms with Crippen LogP contribution in [0.25, 0.3) is 17.1 Å². The lowest BCUT2D eigenvalue weighted by molar-refractivity contribution is -0.127. The normalized spacial score (nSPS) is 16.2. The van der Waals surface area contributed by atoms with Gasteiger partial charge in [0.2, 0.25) is 0 Å². The van der Waals surface area contributed by atoms with Gasteiger partial charge in [0.15, 0.2) is 0 Å². The topological polar surface area (TPSA) is 86.9 Å².